The van der Waals surface area contributed by atoms with Crippen LogP contribution in [0.5, 0.6) is 0 Å². The molecule has 0 saturated carbocycles. The van der Waals surface area contributed by atoms with E-state index in [9.17, 15) is 9.59 Å². The minimum atomic E-state index is -0.0524. The number of thiophene rings is 1. The number of carbonyl (C=O) groups is 2. The van der Waals surface area contributed by atoms with Gasteiger partial charge in [-0.15, -0.1) is 11.3 Å². The van der Waals surface area contributed by atoms with Crippen molar-refractivity contribution >= 4 is 29.2 Å². The molecule has 5 nitrogen and oxygen atoms in total. The van der Waals surface area contributed by atoms with E-state index in [1.54, 1.807) is 33.3 Å². The van der Waals surface area contributed by atoms with Crippen LogP contribution in [0.15, 0.2) is 71.6 Å². The first-order chi connectivity index (χ1) is 13.7. The van der Waals surface area contributed by atoms with Crippen LogP contribution in [-0.2, 0) is 4.79 Å². The molecule has 28 heavy (non-hydrogen) atoms. The second-order valence-electron chi connectivity index (χ2n) is 6.53. The van der Waals surface area contributed by atoms with Crippen LogP contribution in [0, 0.1) is 0 Å². The maximum Gasteiger partial charge on any atom is 0.257 e. The largest absolute Gasteiger partial charge is 0.472 e. The molecule has 0 bridgehead atoms. The molecular weight excluding hydrogens is 372 g/mol. The Morgan fingerprint density at radius 3 is 2.39 bits per heavy atom. The summed E-state index contributed by atoms with van der Waals surface area (Å²) in [4.78, 5) is 30.6. The van der Waals surface area contributed by atoms with E-state index in [-0.39, 0.29) is 11.8 Å². The van der Waals surface area contributed by atoms with Gasteiger partial charge in [0.2, 0.25) is 5.91 Å². The molecule has 0 radical (unpaired) electrons. The van der Waals surface area contributed by atoms with Gasteiger partial charge in [-0.25, -0.2) is 0 Å². The Balaban J connectivity index is 1.32. The molecule has 0 N–H and O–H groups in total. The fourth-order valence-electron chi connectivity index (χ4n) is 3.16. The Bertz CT molecular complexity index is 968. The van der Waals surface area contributed by atoms with Gasteiger partial charge in [-0.2, -0.15) is 0 Å². The monoisotopic (exact) mass is 392 g/mol. The molecule has 142 valence electrons. The fourth-order valence-corrected chi connectivity index (χ4v) is 4.07. The zero-order chi connectivity index (χ0) is 19.3. The van der Waals surface area contributed by atoms with Crippen LogP contribution in [0.1, 0.15) is 15.2 Å². The summed E-state index contributed by atoms with van der Waals surface area (Å²) in [5.74, 6) is -0.0755. The summed E-state index contributed by atoms with van der Waals surface area (Å²) in [6.07, 6.45) is 6.43. The van der Waals surface area contributed by atoms with Gasteiger partial charge in [0.25, 0.3) is 5.91 Å². The predicted octanol–water partition coefficient (Wildman–Crippen LogP) is 4.01. The Morgan fingerprint density at radius 1 is 0.929 bits per heavy atom. The topological polar surface area (TPSA) is 53.8 Å². The van der Waals surface area contributed by atoms with Crippen molar-refractivity contribution in [3.05, 3.63) is 77.6 Å². The van der Waals surface area contributed by atoms with Gasteiger partial charge in [-0.1, -0.05) is 30.3 Å². The highest BCUT2D eigenvalue weighted by Crippen LogP contribution is 2.28. The van der Waals surface area contributed by atoms with Crippen LogP contribution in [0.25, 0.3) is 16.5 Å². The van der Waals surface area contributed by atoms with Crippen molar-refractivity contribution in [2.24, 2.45) is 0 Å². The average Bonchev–Trinajstić information content (AvgIpc) is 3.44. The second kappa shape index (κ2) is 8.27. The maximum atomic E-state index is 12.5. The number of piperazine rings is 1. The maximum absolute atomic E-state index is 12.5. The molecule has 3 heterocycles. The Kier molecular flexibility index (Phi) is 5.39. The van der Waals surface area contributed by atoms with Crippen molar-refractivity contribution in [3.63, 3.8) is 0 Å². The van der Waals surface area contributed by atoms with Gasteiger partial charge in [-0.3, -0.25) is 9.59 Å². The smallest absolute Gasteiger partial charge is 0.257 e. The average molecular weight is 392 g/mol. The van der Waals surface area contributed by atoms with Gasteiger partial charge in [0, 0.05) is 42.0 Å². The third kappa shape index (κ3) is 4.07. The Hall–Kier alpha value is -3.12. The van der Waals surface area contributed by atoms with Crippen molar-refractivity contribution in [2.75, 3.05) is 26.2 Å². The normalized spacial score (nSPS) is 14.6. The summed E-state index contributed by atoms with van der Waals surface area (Å²) >= 11 is 1.66. The summed E-state index contributed by atoms with van der Waals surface area (Å²) in [6.45, 7) is 2.13. The standard InChI is InChI=1S/C22H20N2O3S/c25-21(9-7-19-6-8-20(28-19)17-4-2-1-3-5-17)23-11-13-24(14-12-23)22(26)18-10-15-27-16-18/h1-10,15-16H,11-14H2/b9-7+. The van der Waals surface area contributed by atoms with Crippen LogP contribution in [-0.4, -0.2) is 47.8 Å². The zero-order valence-corrected chi connectivity index (χ0v) is 16.1. The number of furan rings is 1. The van der Waals surface area contributed by atoms with E-state index in [1.807, 2.05) is 30.3 Å². The number of benzene rings is 1. The van der Waals surface area contributed by atoms with Crippen LogP contribution < -0.4 is 0 Å². The van der Waals surface area contributed by atoms with Crippen molar-refractivity contribution in [1.29, 1.82) is 0 Å². The number of amides is 2. The number of carbonyl (C=O) groups excluding carboxylic acids is 2. The van der Waals surface area contributed by atoms with E-state index >= 15 is 0 Å². The van der Waals surface area contributed by atoms with Gasteiger partial charge in [0.15, 0.2) is 0 Å². The summed E-state index contributed by atoms with van der Waals surface area (Å²) in [7, 11) is 0. The predicted molar refractivity (Wildman–Crippen MR) is 110 cm³/mol. The van der Waals surface area contributed by atoms with Gasteiger partial charge in [-0.05, 0) is 29.8 Å². The van der Waals surface area contributed by atoms with E-state index in [0.29, 0.717) is 31.7 Å². The Morgan fingerprint density at radius 2 is 1.68 bits per heavy atom. The summed E-state index contributed by atoms with van der Waals surface area (Å²) in [5.41, 5.74) is 1.73. The lowest BCUT2D eigenvalue weighted by atomic mass is 10.2. The SMILES string of the molecule is O=C(/C=C/c1ccc(-c2ccccc2)s1)N1CCN(C(=O)c2ccoc2)CC1. The van der Waals surface area contributed by atoms with Gasteiger partial charge in [0.1, 0.15) is 6.26 Å². The molecule has 2 aromatic heterocycles. The lowest BCUT2D eigenvalue weighted by Gasteiger charge is -2.34. The van der Waals surface area contributed by atoms with E-state index < -0.39 is 0 Å². The van der Waals surface area contributed by atoms with Crippen LogP contribution in [0.2, 0.25) is 0 Å². The minimum absolute atomic E-state index is 0.0231. The molecule has 1 aromatic carbocycles. The first-order valence-electron chi connectivity index (χ1n) is 9.14. The molecule has 1 aliphatic rings. The minimum Gasteiger partial charge on any atom is -0.472 e. The third-order valence-corrected chi connectivity index (χ3v) is 5.82. The molecule has 0 atom stereocenters. The molecule has 0 aliphatic carbocycles. The van der Waals surface area contributed by atoms with E-state index in [0.717, 1.165) is 4.88 Å². The molecular formula is C22H20N2O3S. The number of hydrogen-bond acceptors (Lipinski definition) is 4. The van der Waals surface area contributed by atoms with Gasteiger partial charge < -0.3 is 14.2 Å². The molecule has 3 aromatic rings. The molecule has 0 spiro atoms. The molecule has 4 rings (SSSR count). The summed E-state index contributed by atoms with van der Waals surface area (Å²) < 4.78 is 4.97. The van der Waals surface area contributed by atoms with Gasteiger partial charge in [0.05, 0.1) is 11.8 Å². The summed E-state index contributed by atoms with van der Waals surface area (Å²) in [5, 5.41) is 0. The van der Waals surface area contributed by atoms with Crippen LogP contribution in [0.4, 0.5) is 0 Å². The van der Waals surface area contributed by atoms with Crippen LogP contribution >= 0.6 is 11.3 Å². The van der Waals surface area contributed by atoms with E-state index in [2.05, 4.69) is 18.2 Å². The zero-order valence-electron chi connectivity index (χ0n) is 15.3. The van der Waals surface area contributed by atoms with E-state index in [1.165, 1.54) is 23.0 Å². The number of nitrogens with zero attached hydrogens (tertiary/aromatic N) is 2. The number of rotatable bonds is 4. The second-order valence-corrected chi connectivity index (χ2v) is 7.65. The highest BCUT2D eigenvalue weighted by Gasteiger charge is 2.24. The van der Waals surface area contributed by atoms with E-state index in [4.69, 9.17) is 4.42 Å². The lowest BCUT2D eigenvalue weighted by Crippen LogP contribution is -2.50. The van der Waals surface area contributed by atoms with Crippen molar-refractivity contribution < 1.29 is 14.0 Å². The van der Waals surface area contributed by atoms with Crippen molar-refractivity contribution in [3.8, 4) is 10.4 Å². The number of hydrogen-bond donors (Lipinski definition) is 0. The highest BCUT2D eigenvalue weighted by atomic mass is 32.1. The van der Waals surface area contributed by atoms with Gasteiger partial charge >= 0.3 is 0 Å². The lowest BCUT2D eigenvalue weighted by molar-refractivity contribution is -0.127. The molecule has 1 aliphatic heterocycles. The van der Waals surface area contributed by atoms with Crippen molar-refractivity contribution in [2.45, 2.75) is 0 Å². The fraction of sp³-hybridized carbons (Fsp3) is 0.182. The van der Waals surface area contributed by atoms with Crippen LogP contribution in [0.3, 0.4) is 0 Å². The van der Waals surface area contributed by atoms with Crippen molar-refractivity contribution in [1.82, 2.24) is 9.80 Å². The molecule has 1 fully saturated rings. The molecule has 6 heteroatoms. The quantitative estimate of drug-likeness (QED) is 0.631. The molecule has 2 amide bonds. The molecule has 1 saturated heterocycles. The molecule has 0 unspecified atom stereocenters. The first-order valence-corrected chi connectivity index (χ1v) is 9.96. The Labute approximate surface area is 167 Å². The first kappa shape index (κ1) is 18.3. The summed E-state index contributed by atoms with van der Waals surface area (Å²) in [6, 6.07) is 16.0. The highest BCUT2D eigenvalue weighted by molar-refractivity contribution is 7.16. The third-order valence-electron chi connectivity index (χ3n) is 4.72.